The maximum atomic E-state index is 12.7. The van der Waals surface area contributed by atoms with Gasteiger partial charge in [-0.3, -0.25) is 0 Å². The van der Waals surface area contributed by atoms with Crippen LogP contribution in [0.3, 0.4) is 0 Å². The van der Waals surface area contributed by atoms with Gasteiger partial charge in [0.25, 0.3) is 0 Å². The van der Waals surface area contributed by atoms with Gasteiger partial charge in [-0.1, -0.05) is 11.6 Å². The van der Waals surface area contributed by atoms with Crippen LogP contribution in [-0.4, -0.2) is 6.61 Å². The molecule has 0 atom stereocenters. The second-order valence-corrected chi connectivity index (χ2v) is 4.58. The summed E-state index contributed by atoms with van der Waals surface area (Å²) < 4.78 is 18.1. The van der Waals surface area contributed by atoms with E-state index in [2.05, 4.69) is 6.07 Å². The molecule has 86 valence electrons. The van der Waals surface area contributed by atoms with Gasteiger partial charge in [-0.25, -0.2) is 4.39 Å². The molecule has 0 unspecified atom stereocenters. The summed E-state index contributed by atoms with van der Waals surface area (Å²) in [5.74, 6) is 0.0477. The van der Waals surface area contributed by atoms with E-state index >= 15 is 0 Å². The first-order chi connectivity index (χ1) is 7.44. The van der Waals surface area contributed by atoms with E-state index in [-0.39, 0.29) is 5.02 Å². The predicted molar refractivity (Wildman–Crippen MR) is 60.9 cm³/mol. The topological polar surface area (TPSA) is 33.0 Å². The van der Waals surface area contributed by atoms with E-state index in [1.165, 1.54) is 18.2 Å². The molecule has 0 radical (unpaired) electrons. The molecule has 2 nitrogen and oxygen atoms in total. The van der Waals surface area contributed by atoms with Crippen LogP contribution in [0.15, 0.2) is 18.2 Å². The van der Waals surface area contributed by atoms with E-state index in [4.69, 9.17) is 21.6 Å². The lowest BCUT2D eigenvalue weighted by Crippen LogP contribution is -2.13. The molecule has 0 aromatic heterocycles. The number of rotatable bonds is 4. The largest absolute Gasteiger partial charge is 0.492 e. The summed E-state index contributed by atoms with van der Waals surface area (Å²) in [6.45, 7) is 4.05. The molecule has 16 heavy (non-hydrogen) atoms. The van der Waals surface area contributed by atoms with Gasteiger partial charge >= 0.3 is 0 Å². The Morgan fingerprint density at radius 3 is 2.75 bits per heavy atom. The molecule has 0 N–H and O–H groups in total. The minimum atomic E-state index is -0.424. The zero-order valence-corrected chi connectivity index (χ0v) is 10.0. The van der Waals surface area contributed by atoms with Crippen molar-refractivity contribution < 1.29 is 9.13 Å². The second kappa shape index (κ2) is 5.18. The number of hydrogen-bond donors (Lipinski definition) is 0. The van der Waals surface area contributed by atoms with Crippen molar-refractivity contribution in [2.45, 2.75) is 20.3 Å². The summed E-state index contributed by atoms with van der Waals surface area (Å²) in [4.78, 5) is 0. The highest BCUT2D eigenvalue weighted by Crippen LogP contribution is 2.26. The number of nitrogens with zero attached hydrogens (tertiary/aromatic N) is 1. The zero-order valence-electron chi connectivity index (χ0n) is 9.26. The number of hydrogen-bond acceptors (Lipinski definition) is 2. The number of halogens is 2. The van der Waals surface area contributed by atoms with Crippen molar-refractivity contribution in [3.63, 3.8) is 0 Å². The molecule has 0 heterocycles. The zero-order chi connectivity index (χ0) is 12.2. The molecule has 0 fully saturated rings. The Morgan fingerprint density at radius 2 is 2.19 bits per heavy atom. The number of nitriles is 1. The van der Waals surface area contributed by atoms with Crippen molar-refractivity contribution in [3.05, 3.63) is 29.0 Å². The van der Waals surface area contributed by atoms with Crippen molar-refractivity contribution >= 4 is 11.6 Å². The second-order valence-electron chi connectivity index (χ2n) is 4.17. The van der Waals surface area contributed by atoms with Gasteiger partial charge in [0.1, 0.15) is 11.6 Å². The highest BCUT2D eigenvalue weighted by Gasteiger charge is 2.16. The lowest BCUT2D eigenvalue weighted by atomic mass is 9.92. The van der Waals surface area contributed by atoms with Crippen molar-refractivity contribution in [1.82, 2.24) is 0 Å². The smallest absolute Gasteiger partial charge is 0.138 e. The molecule has 0 saturated carbocycles. The Balaban J connectivity index is 2.53. The average Bonchev–Trinajstić information content (AvgIpc) is 2.21. The third-order valence-corrected chi connectivity index (χ3v) is 2.48. The van der Waals surface area contributed by atoms with Gasteiger partial charge in [-0.2, -0.15) is 5.26 Å². The Labute approximate surface area is 99.6 Å². The van der Waals surface area contributed by atoms with Crippen LogP contribution in [-0.2, 0) is 0 Å². The van der Waals surface area contributed by atoms with Gasteiger partial charge in [0.2, 0.25) is 0 Å². The molecule has 4 heteroatoms. The predicted octanol–water partition coefficient (Wildman–Crippen LogP) is 3.80. The first kappa shape index (κ1) is 12.8. The van der Waals surface area contributed by atoms with Crippen LogP contribution in [0.25, 0.3) is 0 Å². The van der Waals surface area contributed by atoms with Crippen molar-refractivity contribution in [3.8, 4) is 11.8 Å². The summed E-state index contributed by atoms with van der Waals surface area (Å²) in [5, 5.41) is 9.05. The molecule has 1 aromatic rings. The lowest BCUT2D eigenvalue weighted by Gasteiger charge is -2.15. The SMILES string of the molecule is CC(C)(C#N)CCOc1ccc(F)cc1Cl. The normalized spacial score (nSPS) is 10.9. The van der Waals surface area contributed by atoms with Crippen LogP contribution >= 0.6 is 11.6 Å². The molecule has 0 saturated heterocycles. The third kappa shape index (κ3) is 3.71. The fourth-order valence-electron chi connectivity index (χ4n) is 1.06. The van der Waals surface area contributed by atoms with Crippen molar-refractivity contribution in [2.75, 3.05) is 6.61 Å². The molecule has 0 bridgehead atoms. The standard InChI is InChI=1S/C12H13ClFNO/c1-12(2,8-15)5-6-16-11-4-3-9(14)7-10(11)13/h3-4,7H,5-6H2,1-2H3. The number of ether oxygens (including phenoxy) is 1. The molecule has 0 aliphatic heterocycles. The minimum absolute atomic E-state index is 0.245. The van der Waals surface area contributed by atoms with Crippen molar-refractivity contribution in [2.24, 2.45) is 5.41 Å². The van der Waals surface area contributed by atoms with Crippen LogP contribution in [0.1, 0.15) is 20.3 Å². The first-order valence-electron chi connectivity index (χ1n) is 4.94. The molecule has 1 aromatic carbocycles. The van der Waals surface area contributed by atoms with Crippen molar-refractivity contribution in [1.29, 1.82) is 5.26 Å². The van der Waals surface area contributed by atoms with Gasteiger partial charge < -0.3 is 4.74 Å². The Bertz CT molecular complexity index is 412. The molecular formula is C12H13ClFNO. The van der Waals surface area contributed by atoms with Crippen LogP contribution in [0.5, 0.6) is 5.75 Å². The van der Waals surface area contributed by atoms with Gasteiger partial charge in [0.05, 0.1) is 23.1 Å². The molecule has 0 spiro atoms. The Morgan fingerprint density at radius 1 is 1.50 bits per heavy atom. The lowest BCUT2D eigenvalue weighted by molar-refractivity contribution is 0.264. The van der Waals surface area contributed by atoms with Gasteiger partial charge in [-0.05, 0) is 38.5 Å². The maximum absolute atomic E-state index is 12.7. The summed E-state index contributed by atoms with van der Waals surface area (Å²) in [5.41, 5.74) is -0.424. The average molecular weight is 242 g/mol. The molecule has 0 aliphatic rings. The fraction of sp³-hybridized carbons (Fsp3) is 0.417. The first-order valence-corrected chi connectivity index (χ1v) is 5.31. The van der Waals surface area contributed by atoms with Crippen LogP contribution < -0.4 is 4.74 Å². The quantitative estimate of drug-likeness (QED) is 0.803. The van der Waals surface area contributed by atoms with Crippen LogP contribution in [0.2, 0.25) is 5.02 Å². The summed E-state index contributed by atoms with van der Waals surface area (Å²) in [6, 6.07) is 6.15. The molecule has 0 aliphatic carbocycles. The molecule has 1 rings (SSSR count). The summed E-state index contributed by atoms with van der Waals surface area (Å²) in [7, 11) is 0. The van der Waals surface area contributed by atoms with E-state index in [0.29, 0.717) is 18.8 Å². The van der Waals surface area contributed by atoms with Gasteiger partial charge in [0.15, 0.2) is 0 Å². The monoisotopic (exact) mass is 241 g/mol. The molecular weight excluding hydrogens is 229 g/mol. The minimum Gasteiger partial charge on any atom is -0.492 e. The molecule has 0 amide bonds. The van der Waals surface area contributed by atoms with E-state index < -0.39 is 11.2 Å². The number of benzene rings is 1. The van der Waals surface area contributed by atoms with E-state index in [1.807, 2.05) is 13.8 Å². The van der Waals surface area contributed by atoms with Crippen LogP contribution in [0.4, 0.5) is 4.39 Å². The van der Waals surface area contributed by atoms with Gasteiger partial charge in [-0.15, -0.1) is 0 Å². The highest BCUT2D eigenvalue weighted by atomic mass is 35.5. The van der Waals surface area contributed by atoms with E-state index in [1.54, 1.807) is 0 Å². The fourth-order valence-corrected chi connectivity index (χ4v) is 1.29. The Kier molecular flexibility index (Phi) is 4.14. The summed E-state index contributed by atoms with van der Waals surface area (Å²) >= 11 is 5.78. The van der Waals surface area contributed by atoms with E-state index in [9.17, 15) is 4.39 Å². The Hall–Kier alpha value is -1.27. The van der Waals surface area contributed by atoms with Gasteiger partial charge in [0, 0.05) is 0 Å². The third-order valence-electron chi connectivity index (χ3n) is 2.18. The van der Waals surface area contributed by atoms with E-state index in [0.717, 1.165) is 0 Å². The van der Waals surface area contributed by atoms with Crippen LogP contribution in [0, 0.1) is 22.6 Å². The summed E-state index contributed by atoms with van der Waals surface area (Å²) in [6.07, 6.45) is 0.594. The highest BCUT2D eigenvalue weighted by molar-refractivity contribution is 6.32. The maximum Gasteiger partial charge on any atom is 0.138 e.